The highest BCUT2D eigenvalue weighted by Gasteiger charge is 2.37. The zero-order valence-corrected chi connectivity index (χ0v) is 13.6. The van der Waals surface area contributed by atoms with Crippen LogP contribution in [0.3, 0.4) is 0 Å². The van der Waals surface area contributed by atoms with Gasteiger partial charge in [-0.3, -0.25) is 0 Å². The minimum atomic E-state index is -5.07. The molecule has 0 bridgehead atoms. The van der Waals surface area contributed by atoms with Crippen LogP contribution in [0.1, 0.15) is 16.7 Å². The van der Waals surface area contributed by atoms with Crippen LogP contribution in [-0.2, 0) is 25.6 Å². The van der Waals surface area contributed by atoms with Crippen molar-refractivity contribution in [2.45, 2.75) is 18.5 Å². The molecule has 0 saturated heterocycles. The number of rotatable bonds is 1. The van der Waals surface area contributed by atoms with Gasteiger partial charge >= 0.3 is 18.5 Å². The smallest absolute Gasteiger partial charge is 0.312 e. The van der Waals surface area contributed by atoms with Gasteiger partial charge in [0.05, 0.1) is 16.7 Å². The molecule has 0 unspecified atom stereocenters. The van der Waals surface area contributed by atoms with Crippen molar-refractivity contribution < 1.29 is 39.5 Å². The van der Waals surface area contributed by atoms with E-state index in [1.165, 1.54) is 7.05 Å². The molecule has 0 amide bonds. The van der Waals surface area contributed by atoms with Gasteiger partial charge in [0.2, 0.25) is 0 Å². The first-order valence-corrected chi connectivity index (χ1v) is 7.37. The van der Waals surface area contributed by atoms with Crippen LogP contribution in [0.15, 0.2) is 30.5 Å². The van der Waals surface area contributed by atoms with Crippen molar-refractivity contribution in [2.75, 3.05) is 0 Å². The summed E-state index contributed by atoms with van der Waals surface area (Å²) in [6.07, 6.45) is -14.4. The minimum Gasteiger partial charge on any atom is -0.312 e. The molecular weight excluding hydrogens is 405 g/mol. The van der Waals surface area contributed by atoms with Crippen LogP contribution in [-0.4, -0.2) is 14.5 Å². The Morgan fingerprint density at radius 1 is 0.714 bits per heavy atom. The van der Waals surface area contributed by atoms with E-state index in [9.17, 15) is 39.5 Å². The van der Waals surface area contributed by atoms with E-state index >= 15 is 0 Å². The predicted octanol–water partition coefficient (Wildman–Crippen LogP) is 5.69. The van der Waals surface area contributed by atoms with Crippen LogP contribution in [0.2, 0.25) is 0 Å². The Kier molecular flexibility index (Phi) is 4.35. The molecule has 1 aromatic carbocycles. The number of aromatic nitrogens is 3. The molecule has 0 fully saturated rings. The van der Waals surface area contributed by atoms with E-state index in [1.807, 2.05) is 0 Å². The van der Waals surface area contributed by atoms with Crippen molar-refractivity contribution in [3.05, 3.63) is 47.2 Å². The molecule has 0 N–H and O–H groups in total. The Labute approximate surface area is 150 Å². The van der Waals surface area contributed by atoms with Crippen molar-refractivity contribution in [2.24, 2.45) is 7.05 Å². The highest BCUT2D eigenvalue weighted by molar-refractivity contribution is 5.78. The summed E-state index contributed by atoms with van der Waals surface area (Å²) in [6, 6.07) is 1.46. The Hall–Kier alpha value is -2.79. The third kappa shape index (κ3) is 3.62. The molecule has 12 heteroatoms. The van der Waals surface area contributed by atoms with Crippen LogP contribution in [0.25, 0.3) is 22.6 Å². The fourth-order valence-corrected chi connectivity index (χ4v) is 2.57. The van der Waals surface area contributed by atoms with Gasteiger partial charge in [-0.05, 0) is 24.3 Å². The van der Waals surface area contributed by atoms with Gasteiger partial charge in [0.25, 0.3) is 0 Å². The molecule has 3 rings (SSSR count). The molecule has 0 radical (unpaired) electrons. The van der Waals surface area contributed by atoms with Gasteiger partial charge in [-0.2, -0.15) is 39.5 Å². The fourth-order valence-electron chi connectivity index (χ4n) is 2.57. The largest absolute Gasteiger partial charge is 0.417 e. The first kappa shape index (κ1) is 20.0. The van der Waals surface area contributed by atoms with E-state index in [0.717, 1.165) is 4.57 Å². The number of halogens is 9. The number of hydrogen-bond acceptors (Lipinski definition) is 2. The van der Waals surface area contributed by atoms with Gasteiger partial charge in [-0.15, -0.1) is 0 Å². The molecular formula is C16H8F9N3. The Balaban J connectivity index is 2.25. The van der Waals surface area contributed by atoms with Crippen molar-refractivity contribution in [1.82, 2.24) is 14.5 Å². The average molecular weight is 413 g/mol. The third-order valence-electron chi connectivity index (χ3n) is 3.88. The van der Waals surface area contributed by atoms with Crippen LogP contribution >= 0.6 is 0 Å². The SMILES string of the molecule is Cn1c(-c2cc(C(F)(F)F)cc(C(F)(F)F)c2)nc2cc(C(F)(F)F)cnc21. The lowest BCUT2D eigenvalue weighted by molar-refractivity contribution is -0.143. The summed E-state index contributed by atoms with van der Waals surface area (Å²) in [5.74, 6) is -0.390. The molecule has 0 aliphatic heterocycles. The first-order chi connectivity index (χ1) is 12.7. The Morgan fingerprint density at radius 2 is 1.21 bits per heavy atom. The van der Waals surface area contributed by atoms with Crippen LogP contribution in [0.5, 0.6) is 0 Å². The Morgan fingerprint density at radius 3 is 1.68 bits per heavy atom. The van der Waals surface area contributed by atoms with E-state index in [4.69, 9.17) is 0 Å². The summed E-state index contributed by atoms with van der Waals surface area (Å²) in [6.45, 7) is 0. The zero-order valence-electron chi connectivity index (χ0n) is 13.6. The fraction of sp³-hybridized carbons (Fsp3) is 0.250. The molecule has 0 saturated carbocycles. The summed E-state index contributed by atoms with van der Waals surface area (Å²) in [4.78, 5) is 7.34. The van der Waals surface area contributed by atoms with E-state index < -0.39 is 46.6 Å². The number of imidazole rings is 1. The molecule has 3 aromatic rings. The lowest BCUT2D eigenvalue weighted by atomic mass is 10.0. The normalized spacial score (nSPS) is 13.4. The molecule has 150 valence electrons. The molecule has 0 spiro atoms. The highest BCUT2D eigenvalue weighted by atomic mass is 19.4. The van der Waals surface area contributed by atoms with Gasteiger partial charge in [-0.25, -0.2) is 9.97 Å². The predicted molar refractivity (Wildman–Crippen MR) is 79.0 cm³/mol. The molecule has 0 aliphatic carbocycles. The van der Waals surface area contributed by atoms with Crippen molar-refractivity contribution in [3.63, 3.8) is 0 Å². The van der Waals surface area contributed by atoms with Gasteiger partial charge in [-0.1, -0.05) is 0 Å². The summed E-state index contributed by atoms with van der Waals surface area (Å²) < 4.78 is 117. The monoisotopic (exact) mass is 413 g/mol. The van der Waals surface area contributed by atoms with Crippen LogP contribution < -0.4 is 0 Å². The van der Waals surface area contributed by atoms with Gasteiger partial charge in [0.1, 0.15) is 11.3 Å². The van der Waals surface area contributed by atoms with Crippen molar-refractivity contribution >= 4 is 11.2 Å². The number of pyridine rings is 1. The maximum Gasteiger partial charge on any atom is 0.417 e. The highest BCUT2D eigenvalue weighted by Crippen LogP contribution is 2.39. The minimum absolute atomic E-state index is 0.0494. The third-order valence-corrected chi connectivity index (χ3v) is 3.88. The summed E-state index contributed by atoms with van der Waals surface area (Å²) >= 11 is 0. The quantitative estimate of drug-likeness (QED) is 0.480. The van der Waals surface area contributed by atoms with E-state index in [2.05, 4.69) is 9.97 Å². The number of alkyl halides is 9. The molecule has 2 heterocycles. The van der Waals surface area contributed by atoms with Gasteiger partial charge in [0, 0.05) is 18.8 Å². The van der Waals surface area contributed by atoms with Gasteiger partial charge in [0.15, 0.2) is 5.65 Å². The van der Waals surface area contributed by atoms with Crippen LogP contribution in [0.4, 0.5) is 39.5 Å². The van der Waals surface area contributed by atoms with Crippen molar-refractivity contribution in [3.8, 4) is 11.4 Å². The van der Waals surface area contributed by atoms with Crippen LogP contribution in [0, 0.1) is 0 Å². The Bertz CT molecular complexity index is 1010. The topological polar surface area (TPSA) is 30.7 Å². The maximum absolute atomic E-state index is 13.0. The van der Waals surface area contributed by atoms with Gasteiger partial charge < -0.3 is 4.57 Å². The molecule has 3 nitrogen and oxygen atoms in total. The molecule has 0 aliphatic rings. The lowest BCUT2D eigenvalue weighted by Gasteiger charge is -2.14. The molecule has 2 aromatic heterocycles. The lowest BCUT2D eigenvalue weighted by Crippen LogP contribution is -2.11. The number of benzene rings is 1. The molecule has 0 atom stereocenters. The number of fused-ring (bicyclic) bond motifs is 1. The first-order valence-electron chi connectivity index (χ1n) is 7.37. The second-order valence-electron chi connectivity index (χ2n) is 5.85. The van der Waals surface area contributed by atoms with E-state index in [0.29, 0.717) is 24.4 Å². The number of nitrogens with zero attached hydrogens (tertiary/aromatic N) is 3. The molecule has 28 heavy (non-hydrogen) atoms. The summed E-state index contributed by atoms with van der Waals surface area (Å²) in [5, 5.41) is 0. The summed E-state index contributed by atoms with van der Waals surface area (Å²) in [5.41, 5.74) is -5.28. The standard InChI is InChI=1S/C16H8F9N3/c1-28-12(27-11-5-10(16(23,24)25)6-26-13(11)28)7-2-8(14(17,18)19)4-9(3-7)15(20,21)22/h2-6H,1H3. The maximum atomic E-state index is 13.0. The summed E-state index contributed by atoms with van der Waals surface area (Å²) in [7, 11) is 1.22. The zero-order chi connectivity index (χ0) is 21.1. The number of aryl methyl sites for hydroxylation is 1. The second kappa shape index (κ2) is 6.11. The average Bonchev–Trinajstić information content (AvgIpc) is 2.88. The van der Waals surface area contributed by atoms with E-state index in [-0.39, 0.29) is 17.2 Å². The second-order valence-corrected chi connectivity index (χ2v) is 5.85. The van der Waals surface area contributed by atoms with E-state index in [1.54, 1.807) is 0 Å². The number of hydrogen-bond donors (Lipinski definition) is 0. The van der Waals surface area contributed by atoms with Crippen molar-refractivity contribution in [1.29, 1.82) is 0 Å².